The number of methoxy groups -OCH3 is 1. The van der Waals surface area contributed by atoms with E-state index in [1.54, 1.807) is 7.11 Å². The van der Waals surface area contributed by atoms with E-state index in [1.807, 2.05) is 48.4 Å². The zero-order valence-electron chi connectivity index (χ0n) is 21.0. The van der Waals surface area contributed by atoms with Crippen molar-refractivity contribution in [1.82, 2.24) is 9.80 Å². The fourth-order valence-electron chi connectivity index (χ4n) is 6.49. The van der Waals surface area contributed by atoms with Gasteiger partial charge < -0.3 is 9.64 Å². The number of rotatable bonds is 6. The van der Waals surface area contributed by atoms with Crippen LogP contribution in [0.5, 0.6) is 5.75 Å². The Hall–Kier alpha value is -3.11. The number of nitrogens with zero attached hydrogens (tertiary/aromatic N) is 2. The van der Waals surface area contributed by atoms with Crippen LogP contribution in [0, 0.1) is 5.92 Å². The molecule has 35 heavy (non-hydrogen) atoms. The van der Waals surface area contributed by atoms with E-state index in [2.05, 4.69) is 47.9 Å². The lowest BCUT2D eigenvalue weighted by Gasteiger charge is -2.54. The summed E-state index contributed by atoms with van der Waals surface area (Å²) in [6.07, 6.45) is 6.24. The first-order chi connectivity index (χ1) is 17.0. The van der Waals surface area contributed by atoms with Crippen LogP contribution in [-0.4, -0.2) is 55.5 Å². The second-order valence-corrected chi connectivity index (χ2v) is 10.3. The molecule has 3 aromatic carbocycles. The molecule has 182 valence electrons. The zero-order chi connectivity index (χ0) is 24.4. The highest BCUT2D eigenvalue weighted by Crippen LogP contribution is 2.50. The van der Waals surface area contributed by atoms with E-state index in [-0.39, 0.29) is 17.4 Å². The van der Waals surface area contributed by atoms with Crippen LogP contribution in [0.25, 0.3) is 10.8 Å². The molecule has 0 aromatic heterocycles. The molecular weight excluding hydrogens is 432 g/mol. The molecular formula is C31H36N2O2. The van der Waals surface area contributed by atoms with Crippen LogP contribution in [0.15, 0.2) is 79.4 Å². The van der Waals surface area contributed by atoms with Gasteiger partial charge in [-0.1, -0.05) is 48.5 Å². The lowest BCUT2D eigenvalue weighted by molar-refractivity contribution is 0.0221. The van der Waals surface area contributed by atoms with E-state index in [0.29, 0.717) is 5.92 Å². The molecule has 0 spiro atoms. The summed E-state index contributed by atoms with van der Waals surface area (Å²) in [7, 11) is 3.73. The molecule has 4 heteroatoms. The Labute approximate surface area is 209 Å². The molecule has 0 radical (unpaired) electrons. The molecule has 1 saturated heterocycles. The summed E-state index contributed by atoms with van der Waals surface area (Å²) in [4.78, 5) is 18.2. The maximum atomic E-state index is 13.6. The normalized spacial score (nSPS) is 24.5. The van der Waals surface area contributed by atoms with Crippen molar-refractivity contribution in [3.63, 3.8) is 0 Å². The van der Waals surface area contributed by atoms with E-state index in [4.69, 9.17) is 4.74 Å². The van der Waals surface area contributed by atoms with Crippen molar-refractivity contribution in [3.05, 3.63) is 90.5 Å². The van der Waals surface area contributed by atoms with E-state index in [9.17, 15) is 4.79 Å². The Morgan fingerprint density at radius 2 is 1.94 bits per heavy atom. The third kappa shape index (κ3) is 4.48. The Morgan fingerprint density at radius 3 is 2.74 bits per heavy atom. The van der Waals surface area contributed by atoms with E-state index < -0.39 is 0 Å². The van der Waals surface area contributed by atoms with Crippen LogP contribution >= 0.6 is 0 Å². The van der Waals surface area contributed by atoms with Crippen LogP contribution in [0.1, 0.15) is 41.6 Å². The summed E-state index contributed by atoms with van der Waals surface area (Å²) < 4.78 is 5.60. The largest absolute Gasteiger partial charge is 0.497 e. The third-order valence-corrected chi connectivity index (χ3v) is 8.48. The fraction of sp³-hybridized carbons (Fsp3) is 0.387. The highest BCUT2D eigenvalue weighted by molar-refractivity contribution is 5.98. The summed E-state index contributed by atoms with van der Waals surface area (Å²) in [5.74, 6) is 1.58. The number of hydrogen-bond acceptors (Lipinski definition) is 3. The third-order valence-electron chi connectivity index (χ3n) is 8.48. The molecule has 0 N–H and O–H groups in total. The molecule has 5 rings (SSSR count). The monoisotopic (exact) mass is 468 g/mol. The van der Waals surface area contributed by atoms with Crippen molar-refractivity contribution in [2.24, 2.45) is 5.92 Å². The molecule has 0 bridgehead atoms. The van der Waals surface area contributed by atoms with Gasteiger partial charge in [-0.25, -0.2) is 0 Å². The highest BCUT2D eigenvalue weighted by atomic mass is 16.5. The van der Waals surface area contributed by atoms with Crippen LogP contribution in [0.4, 0.5) is 0 Å². The van der Waals surface area contributed by atoms with Gasteiger partial charge in [-0.3, -0.25) is 9.69 Å². The first-order valence-electron chi connectivity index (χ1n) is 12.8. The van der Waals surface area contributed by atoms with Gasteiger partial charge >= 0.3 is 0 Å². The topological polar surface area (TPSA) is 32.8 Å². The fourth-order valence-corrected chi connectivity index (χ4v) is 6.49. The highest BCUT2D eigenvalue weighted by Gasteiger charge is 2.49. The Kier molecular flexibility index (Phi) is 6.66. The number of piperidine rings is 1. The number of amides is 1. The van der Waals surface area contributed by atoms with Crippen molar-refractivity contribution in [1.29, 1.82) is 0 Å². The average molecular weight is 469 g/mol. The minimum absolute atomic E-state index is 0.0487. The molecule has 1 saturated carbocycles. The zero-order valence-corrected chi connectivity index (χ0v) is 21.0. The Morgan fingerprint density at radius 1 is 1.11 bits per heavy atom. The van der Waals surface area contributed by atoms with Crippen LogP contribution in [-0.2, 0) is 5.41 Å². The number of likely N-dealkylation sites (tertiary alicyclic amines) is 1. The number of carbonyl (C=O) groups excluding carboxylic acids is 1. The smallest absolute Gasteiger partial charge is 0.253 e. The molecule has 1 aliphatic heterocycles. The van der Waals surface area contributed by atoms with Crippen molar-refractivity contribution in [3.8, 4) is 5.75 Å². The van der Waals surface area contributed by atoms with Gasteiger partial charge in [0.05, 0.1) is 7.11 Å². The summed E-state index contributed by atoms with van der Waals surface area (Å²) in [5, 5.41) is 2.27. The molecule has 1 aliphatic carbocycles. The second kappa shape index (κ2) is 9.87. The first kappa shape index (κ1) is 23.6. The van der Waals surface area contributed by atoms with Crippen molar-refractivity contribution >= 4 is 16.7 Å². The minimum Gasteiger partial charge on any atom is -0.497 e. The average Bonchev–Trinajstić information content (AvgIpc) is 2.91. The quantitative estimate of drug-likeness (QED) is 0.421. The second-order valence-electron chi connectivity index (χ2n) is 10.3. The van der Waals surface area contributed by atoms with Gasteiger partial charge in [0, 0.05) is 37.2 Å². The summed E-state index contributed by atoms with van der Waals surface area (Å²) in [6.45, 7) is 7.03. The van der Waals surface area contributed by atoms with E-state index >= 15 is 0 Å². The Bertz CT molecular complexity index is 1220. The van der Waals surface area contributed by atoms with E-state index in [0.717, 1.165) is 67.4 Å². The number of carbonyl (C=O) groups is 1. The van der Waals surface area contributed by atoms with Crippen LogP contribution in [0.3, 0.4) is 0 Å². The molecule has 4 nitrogen and oxygen atoms in total. The van der Waals surface area contributed by atoms with Gasteiger partial charge in [0.15, 0.2) is 0 Å². The predicted molar refractivity (Wildman–Crippen MR) is 143 cm³/mol. The van der Waals surface area contributed by atoms with Gasteiger partial charge in [-0.15, -0.1) is 6.58 Å². The lowest BCUT2D eigenvalue weighted by atomic mass is 9.57. The first-order valence-corrected chi connectivity index (χ1v) is 12.8. The lowest BCUT2D eigenvalue weighted by Crippen LogP contribution is -2.56. The molecule has 3 atom stereocenters. The summed E-state index contributed by atoms with van der Waals surface area (Å²) in [6, 6.07) is 23.1. The van der Waals surface area contributed by atoms with Gasteiger partial charge in [-0.05, 0) is 78.7 Å². The minimum atomic E-state index is 0.0487. The molecule has 3 unspecified atom stereocenters. The van der Waals surface area contributed by atoms with Crippen molar-refractivity contribution < 1.29 is 9.53 Å². The van der Waals surface area contributed by atoms with E-state index in [1.165, 1.54) is 5.56 Å². The van der Waals surface area contributed by atoms with Crippen molar-refractivity contribution in [2.45, 2.75) is 37.1 Å². The maximum Gasteiger partial charge on any atom is 0.253 e. The van der Waals surface area contributed by atoms with Crippen LogP contribution < -0.4 is 4.74 Å². The predicted octanol–water partition coefficient (Wildman–Crippen LogP) is 5.92. The number of hydrogen-bond donors (Lipinski definition) is 0. The molecule has 1 heterocycles. The standard InChI is InChI=1S/C31H36N2O2/c1-4-17-33-18-16-31(26-10-7-11-29(20-26)35-3)21-28(15-14-27(31)22-33)32(2)30(34)25-13-12-23-8-5-6-9-24(23)19-25/h4-13,19-20,27-28H,1,14-18,21-22H2,2-3H3. The molecule has 1 amide bonds. The maximum absolute atomic E-state index is 13.6. The Balaban J connectivity index is 1.43. The number of fused-ring (bicyclic) bond motifs is 2. The SMILES string of the molecule is C=CCN1CCC2(c3cccc(OC)c3)CC(N(C)C(=O)c3ccc4ccccc4c3)CCC2C1. The number of benzene rings is 3. The molecule has 2 aliphatic rings. The summed E-state index contributed by atoms with van der Waals surface area (Å²) in [5.41, 5.74) is 2.17. The molecule has 2 fully saturated rings. The van der Waals surface area contributed by atoms with Crippen LogP contribution in [0.2, 0.25) is 0 Å². The van der Waals surface area contributed by atoms with Gasteiger partial charge in [0.1, 0.15) is 5.75 Å². The molecule has 3 aromatic rings. The van der Waals surface area contributed by atoms with Gasteiger partial charge in [0.2, 0.25) is 0 Å². The van der Waals surface area contributed by atoms with Crippen molar-refractivity contribution in [2.75, 3.05) is 33.8 Å². The van der Waals surface area contributed by atoms with Gasteiger partial charge in [0.25, 0.3) is 5.91 Å². The van der Waals surface area contributed by atoms with Gasteiger partial charge in [-0.2, -0.15) is 0 Å². The number of ether oxygens (including phenoxy) is 1. The summed E-state index contributed by atoms with van der Waals surface area (Å²) >= 11 is 0.